The number of hydrogen-bond donors (Lipinski definition) is 1. The van der Waals surface area contributed by atoms with Crippen LogP contribution in [0.2, 0.25) is 0 Å². The van der Waals surface area contributed by atoms with Crippen molar-refractivity contribution in [2.45, 2.75) is 49.9 Å². The van der Waals surface area contributed by atoms with Crippen molar-refractivity contribution in [3.8, 4) is 6.07 Å². The molecule has 0 bridgehead atoms. The lowest BCUT2D eigenvalue weighted by molar-refractivity contribution is 0.412. The van der Waals surface area contributed by atoms with Crippen LogP contribution in [0.5, 0.6) is 0 Å². The first kappa shape index (κ1) is 14.4. The zero-order valence-corrected chi connectivity index (χ0v) is 12.5. The number of rotatable bonds is 7. The van der Waals surface area contributed by atoms with Crippen LogP contribution in [0.15, 0.2) is 30.3 Å². The Kier molecular flexibility index (Phi) is 4.90. The van der Waals surface area contributed by atoms with Gasteiger partial charge in [0.25, 0.3) is 0 Å². The Balaban J connectivity index is 2.13. The molecule has 0 radical (unpaired) electrons. The van der Waals surface area contributed by atoms with Gasteiger partial charge in [-0.2, -0.15) is 17.0 Å². The summed E-state index contributed by atoms with van der Waals surface area (Å²) in [6, 6.07) is 13.3. The second-order valence-electron chi connectivity index (χ2n) is 5.47. The Morgan fingerprint density at radius 1 is 1.37 bits per heavy atom. The summed E-state index contributed by atoms with van der Waals surface area (Å²) < 4.78 is 0. The van der Waals surface area contributed by atoms with Gasteiger partial charge in [0.05, 0.1) is 6.07 Å². The predicted molar refractivity (Wildman–Crippen MR) is 82.1 cm³/mol. The average Bonchev–Trinajstić information content (AvgIpc) is 3.22. The van der Waals surface area contributed by atoms with Crippen molar-refractivity contribution in [3.05, 3.63) is 35.9 Å². The quantitative estimate of drug-likeness (QED) is 0.823. The van der Waals surface area contributed by atoms with Crippen LogP contribution in [0.1, 0.15) is 38.7 Å². The molecule has 102 valence electrons. The Hall–Kier alpha value is -0.980. The molecule has 1 aromatic carbocycles. The molecule has 0 spiro atoms. The van der Waals surface area contributed by atoms with Gasteiger partial charge in [0, 0.05) is 6.04 Å². The van der Waals surface area contributed by atoms with Crippen molar-refractivity contribution >= 4 is 11.8 Å². The van der Waals surface area contributed by atoms with Gasteiger partial charge < -0.3 is 0 Å². The highest BCUT2D eigenvalue weighted by Crippen LogP contribution is 2.32. The lowest BCUT2D eigenvalue weighted by Crippen LogP contribution is -2.43. The molecule has 3 heteroatoms. The van der Waals surface area contributed by atoms with E-state index >= 15 is 0 Å². The minimum absolute atomic E-state index is 0.510. The van der Waals surface area contributed by atoms with Gasteiger partial charge in [-0.05, 0) is 35.8 Å². The maximum absolute atomic E-state index is 9.75. The molecule has 0 aliphatic heterocycles. The molecule has 19 heavy (non-hydrogen) atoms. The lowest BCUT2D eigenvalue weighted by Gasteiger charge is -2.29. The third-order valence-corrected chi connectivity index (χ3v) is 4.52. The fraction of sp³-hybridized carbons (Fsp3) is 0.562. The zero-order valence-electron chi connectivity index (χ0n) is 11.7. The van der Waals surface area contributed by atoms with Crippen LogP contribution in [-0.2, 0) is 5.54 Å². The first-order valence-electron chi connectivity index (χ1n) is 7.02. The van der Waals surface area contributed by atoms with Crippen molar-refractivity contribution in [1.82, 2.24) is 5.32 Å². The fourth-order valence-electron chi connectivity index (χ4n) is 2.20. The van der Waals surface area contributed by atoms with E-state index in [1.165, 1.54) is 12.8 Å². The number of nitrogens with one attached hydrogen (secondary N) is 1. The molecule has 2 nitrogen and oxygen atoms in total. The Labute approximate surface area is 120 Å². The smallest absolute Gasteiger partial charge is 0.133 e. The molecule has 0 heterocycles. The van der Waals surface area contributed by atoms with E-state index in [1.54, 1.807) is 0 Å². The molecule has 1 saturated carbocycles. The van der Waals surface area contributed by atoms with Gasteiger partial charge in [-0.25, -0.2) is 0 Å². The average molecular weight is 274 g/mol. The second kappa shape index (κ2) is 6.45. The predicted octanol–water partition coefficient (Wildman–Crippen LogP) is 3.69. The first-order chi connectivity index (χ1) is 9.16. The van der Waals surface area contributed by atoms with E-state index in [0.29, 0.717) is 11.3 Å². The number of nitriles is 1. The minimum Gasteiger partial charge on any atom is -0.293 e. The summed E-state index contributed by atoms with van der Waals surface area (Å²) in [6.45, 7) is 4.41. The van der Waals surface area contributed by atoms with Crippen LogP contribution >= 0.6 is 11.8 Å². The third kappa shape index (κ3) is 3.99. The SMILES string of the molecule is CC(C)SCCC(C#N)(NC1CC1)c1ccccc1. The zero-order chi connectivity index (χ0) is 13.7. The third-order valence-electron chi connectivity index (χ3n) is 3.41. The Bertz CT molecular complexity index is 434. The van der Waals surface area contributed by atoms with Crippen LogP contribution in [-0.4, -0.2) is 17.0 Å². The van der Waals surface area contributed by atoms with E-state index in [-0.39, 0.29) is 0 Å². The van der Waals surface area contributed by atoms with Crippen LogP contribution in [0.25, 0.3) is 0 Å². The van der Waals surface area contributed by atoms with Gasteiger partial charge in [-0.3, -0.25) is 5.32 Å². The van der Waals surface area contributed by atoms with E-state index in [1.807, 2.05) is 30.0 Å². The van der Waals surface area contributed by atoms with Gasteiger partial charge in [0.2, 0.25) is 0 Å². The van der Waals surface area contributed by atoms with Crippen molar-refractivity contribution in [2.75, 3.05) is 5.75 Å². The van der Waals surface area contributed by atoms with Gasteiger partial charge >= 0.3 is 0 Å². The van der Waals surface area contributed by atoms with Crippen LogP contribution < -0.4 is 5.32 Å². The summed E-state index contributed by atoms with van der Waals surface area (Å²) in [5, 5.41) is 13.9. The molecule has 0 aromatic heterocycles. The standard InChI is InChI=1S/C16H22N2S/c1-13(2)19-11-10-16(12-17,18-15-8-9-15)14-6-4-3-5-7-14/h3-7,13,15,18H,8-11H2,1-2H3. The molecular weight excluding hydrogens is 252 g/mol. The molecule has 0 amide bonds. The van der Waals surface area contributed by atoms with E-state index in [9.17, 15) is 5.26 Å². The highest BCUT2D eigenvalue weighted by Gasteiger charge is 2.37. The minimum atomic E-state index is -0.510. The maximum atomic E-state index is 9.75. The van der Waals surface area contributed by atoms with E-state index in [4.69, 9.17) is 0 Å². The highest BCUT2D eigenvalue weighted by atomic mass is 32.2. The number of hydrogen-bond acceptors (Lipinski definition) is 3. The Morgan fingerprint density at radius 3 is 2.58 bits per heavy atom. The summed E-state index contributed by atoms with van der Waals surface area (Å²) >= 11 is 1.92. The van der Waals surface area contributed by atoms with E-state index in [0.717, 1.165) is 17.7 Å². The van der Waals surface area contributed by atoms with Gasteiger partial charge in [0.15, 0.2) is 0 Å². The van der Waals surface area contributed by atoms with Gasteiger partial charge in [-0.1, -0.05) is 44.2 Å². The van der Waals surface area contributed by atoms with Crippen molar-refractivity contribution in [2.24, 2.45) is 0 Å². The number of thioether (sulfide) groups is 1. The van der Waals surface area contributed by atoms with E-state index < -0.39 is 5.54 Å². The summed E-state index contributed by atoms with van der Waals surface area (Å²) in [4.78, 5) is 0. The topological polar surface area (TPSA) is 35.8 Å². The molecule has 0 saturated heterocycles. The molecule has 1 aromatic rings. The molecule has 1 unspecified atom stereocenters. The van der Waals surface area contributed by atoms with Gasteiger partial charge in [0.1, 0.15) is 5.54 Å². The summed E-state index contributed by atoms with van der Waals surface area (Å²) in [6.07, 6.45) is 3.27. The first-order valence-corrected chi connectivity index (χ1v) is 8.07. The van der Waals surface area contributed by atoms with E-state index in [2.05, 4.69) is 37.4 Å². The van der Waals surface area contributed by atoms with Crippen molar-refractivity contribution in [3.63, 3.8) is 0 Å². The summed E-state index contributed by atoms with van der Waals surface area (Å²) in [5.74, 6) is 1.01. The summed E-state index contributed by atoms with van der Waals surface area (Å²) in [7, 11) is 0. The normalized spacial score (nSPS) is 18.0. The molecule has 1 aliphatic rings. The monoisotopic (exact) mass is 274 g/mol. The molecule has 1 atom stereocenters. The van der Waals surface area contributed by atoms with Gasteiger partial charge in [-0.15, -0.1) is 0 Å². The van der Waals surface area contributed by atoms with Crippen LogP contribution in [0, 0.1) is 11.3 Å². The van der Waals surface area contributed by atoms with Crippen LogP contribution in [0.3, 0.4) is 0 Å². The lowest BCUT2D eigenvalue weighted by atomic mass is 9.88. The molecule has 1 N–H and O–H groups in total. The highest BCUT2D eigenvalue weighted by molar-refractivity contribution is 7.99. The number of nitrogens with zero attached hydrogens (tertiary/aromatic N) is 1. The maximum Gasteiger partial charge on any atom is 0.133 e. The second-order valence-corrected chi connectivity index (χ2v) is 7.16. The molecular formula is C16H22N2S. The number of benzene rings is 1. The Morgan fingerprint density at radius 2 is 2.05 bits per heavy atom. The van der Waals surface area contributed by atoms with Crippen molar-refractivity contribution < 1.29 is 0 Å². The van der Waals surface area contributed by atoms with Crippen molar-refractivity contribution in [1.29, 1.82) is 5.26 Å². The molecule has 1 fully saturated rings. The van der Waals surface area contributed by atoms with Crippen LogP contribution in [0.4, 0.5) is 0 Å². The molecule has 1 aliphatic carbocycles. The summed E-state index contributed by atoms with van der Waals surface area (Å²) in [5.41, 5.74) is 0.596. The molecule has 2 rings (SSSR count). The fourth-order valence-corrected chi connectivity index (χ4v) is 3.09. The largest absolute Gasteiger partial charge is 0.293 e.